The van der Waals surface area contributed by atoms with E-state index >= 15 is 0 Å². The van der Waals surface area contributed by atoms with E-state index in [4.69, 9.17) is 4.74 Å². The van der Waals surface area contributed by atoms with Crippen molar-refractivity contribution >= 4 is 11.8 Å². The first-order chi connectivity index (χ1) is 9.75. The summed E-state index contributed by atoms with van der Waals surface area (Å²) in [6, 6.07) is 6.48. The van der Waals surface area contributed by atoms with Crippen molar-refractivity contribution in [3.05, 3.63) is 29.3 Å². The van der Waals surface area contributed by atoms with Gasteiger partial charge in [0.05, 0.1) is 13.2 Å². The summed E-state index contributed by atoms with van der Waals surface area (Å²) in [5, 5.41) is 0. The van der Waals surface area contributed by atoms with Gasteiger partial charge in [-0.05, 0) is 32.3 Å². The van der Waals surface area contributed by atoms with Crippen molar-refractivity contribution in [2.24, 2.45) is 4.99 Å². The van der Waals surface area contributed by atoms with E-state index in [1.165, 1.54) is 16.8 Å². The summed E-state index contributed by atoms with van der Waals surface area (Å²) in [7, 11) is 0. The van der Waals surface area contributed by atoms with E-state index in [1.54, 1.807) is 6.08 Å². The molecular weight excluding hydrogens is 252 g/mol. The molecule has 0 bridgehead atoms. The molecule has 1 saturated carbocycles. The summed E-state index contributed by atoms with van der Waals surface area (Å²) in [6.45, 7) is 5.41. The maximum absolute atomic E-state index is 10.8. The maximum Gasteiger partial charge on any atom is 0.235 e. The molecule has 3 rings (SSSR count). The molecule has 2 fully saturated rings. The Balaban J connectivity index is 2.03. The molecule has 0 amide bonds. The molecule has 0 N–H and O–H groups in total. The first-order valence-electron chi connectivity index (χ1n) is 7.28. The maximum atomic E-state index is 10.8. The van der Waals surface area contributed by atoms with Crippen molar-refractivity contribution in [2.45, 2.75) is 31.7 Å². The van der Waals surface area contributed by atoms with E-state index in [2.05, 4.69) is 35.0 Å². The number of morpholine rings is 1. The van der Waals surface area contributed by atoms with Crippen LogP contribution < -0.4 is 4.90 Å². The van der Waals surface area contributed by atoms with Crippen LogP contribution in [0.5, 0.6) is 0 Å². The van der Waals surface area contributed by atoms with E-state index in [0.717, 1.165) is 45.6 Å². The van der Waals surface area contributed by atoms with E-state index in [0.29, 0.717) is 0 Å². The average molecular weight is 272 g/mol. The number of benzene rings is 1. The zero-order valence-corrected chi connectivity index (χ0v) is 11.9. The highest BCUT2D eigenvalue weighted by atomic mass is 16.5. The van der Waals surface area contributed by atoms with Crippen LogP contribution in [0.15, 0.2) is 23.2 Å². The number of isocyanates is 1. The van der Waals surface area contributed by atoms with Gasteiger partial charge in [-0.15, -0.1) is 0 Å². The predicted molar refractivity (Wildman–Crippen MR) is 77.9 cm³/mol. The van der Waals surface area contributed by atoms with Crippen molar-refractivity contribution in [2.75, 3.05) is 31.2 Å². The number of hydrogen-bond donors (Lipinski definition) is 0. The minimum atomic E-state index is -0.332. The Morgan fingerprint density at radius 1 is 1.30 bits per heavy atom. The van der Waals surface area contributed by atoms with Crippen LogP contribution in [0.3, 0.4) is 0 Å². The molecule has 1 aliphatic heterocycles. The van der Waals surface area contributed by atoms with Crippen molar-refractivity contribution in [3.8, 4) is 0 Å². The third-order valence-electron chi connectivity index (χ3n) is 4.45. The minimum Gasteiger partial charge on any atom is -0.378 e. The number of rotatable bonds is 3. The van der Waals surface area contributed by atoms with Crippen LogP contribution in [0.4, 0.5) is 5.69 Å². The fourth-order valence-electron chi connectivity index (χ4n) is 3.14. The second-order valence-electron chi connectivity index (χ2n) is 5.71. The van der Waals surface area contributed by atoms with Crippen LogP contribution in [0, 0.1) is 6.92 Å². The molecular formula is C16H20N2O2. The van der Waals surface area contributed by atoms with Crippen molar-refractivity contribution in [1.82, 2.24) is 0 Å². The third kappa shape index (κ3) is 2.26. The molecule has 4 heteroatoms. The average Bonchev–Trinajstić information content (AvgIpc) is 2.44. The molecule has 0 atom stereocenters. The van der Waals surface area contributed by atoms with E-state index in [-0.39, 0.29) is 5.54 Å². The highest BCUT2D eigenvalue weighted by Gasteiger charge is 2.41. The molecule has 20 heavy (non-hydrogen) atoms. The number of anilines is 1. The Morgan fingerprint density at radius 2 is 2.05 bits per heavy atom. The van der Waals surface area contributed by atoms with Gasteiger partial charge >= 0.3 is 0 Å². The molecule has 1 aromatic carbocycles. The van der Waals surface area contributed by atoms with Crippen LogP contribution in [-0.2, 0) is 15.1 Å². The highest BCUT2D eigenvalue weighted by Crippen LogP contribution is 2.48. The molecule has 2 aliphatic rings. The summed E-state index contributed by atoms with van der Waals surface area (Å²) in [6.07, 6.45) is 4.81. The van der Waals surface area contributed by atoms with Gasteiger partial charge < -0.3 is 9.64 Å². The van der Waals surface area contributed by atoms with E-state index in [1.807, 2.05) is 0 Å². The summed E-state index contributed by atoms with van der Waals surface area (Å²) >= 11 is 0. The molecule has 0 radical (unpaired) electrons. The number of nitrogens with zero attached hydrogens (tertiary/aromatic N) is 2. The Hall–Kier alpha value is -1.64. The van der Waals surface area contributed by atoms with Gasteiger partial charge in [-0.3, -0.25) is 0 Å². The van der Waals surface area contributed by atoms with Crippen LogP contribution in [-0.4, -0.2) is 32.4 Å². The van der Waals surface area contributed by atoms with Gasteiger partial charge in [-0.25, -0.2) is 4.79 Å². The minimum absolute atomic E-state index is 0.332. The second kappa shape index (κ2) is 5.39. The van der Waals surface area contributed by atoms with Gasteiger partial charge in [0.2, 0.25) is 6.08 Å². The smallest absolute Gasteiger partial charge is 0.235 e. The third-order valence-corrected chi connectivity index (χ3v) is 4.45. The van der Waals surface area contributed by atoms with Crippen LogP contribution in [0.2, 0.25) is 0 Å². The highest BCUT2D eigenvalue weighted by molar-refractivity contribution is 5.60. The molecule has 0 spiro atoms. The van der Waals surface area contributed by atoms with Crippen molar-refractivity contribution < 1.29 is 9.53 Å². The second-order valence-corrected chi connectivity index (χ2v) is 5.71. The number of carbonyl (C=O) groups excluding carboxylic acids is 1. The quantitative estimate of drug-likeness (QED) is 0.627. The first-order valence-corrected chi connectivity index (χ1v) is 7.28. The Bertz CT molecular complexity index is 539. The first kappa shape index (κ1) is 13.3. The fraction of sp³-hybridized carbons (Fsp3) is 0.562. The topological polar surface area (TPSA) is 41.9 Å². The lowest BCUT2D eigenvalue weighted by molar-refractivity contribution is 0.122. The zero-order valence-electron chi connectivity index (χ0n) is 11.9. The molecule has 1 aromatic rings. The summed E-state index contributed by atoms with van der Waals surface area (Å²) in [5.41, 5.74) is 3.28. The predicted octanol–water partition coefficient (Wildman–Crippen LogP) is 2.55. The SMILES string of the molecule is Cc1ccc(N2CCOCC2)c(C2(N=C=O)CCC2)c1. The van der Waals surface area contributed by atoms with Gasteiger partial charge in [0.1, 0.15) is 5.54 Å². The number of ether oxygens (including phenoxy) is 1. The monoisotopic (exact) mass is 272 g/mol. The normalized spacial score (nSPS) is 20.9. The largest absolute Gasteiger partial charge is 0.378 e. The Kier molecular flexibility index (Phi) is 3.60. The molecule has 0 unspecified atom stereocenters. The summed E-state index contributed by atoms with van der Waals surface area (Å²) in [4.78, 5) is 17.3. The summed E-state index contributed by atoms with van der Waals surface area (Å²) in [5.74, 6) is 0. The number of aliphatic imine (C=N–C) groups is 1. The van der Waals surface area contributed by atoms with Crippen LogP contribution in [0.1, 0.15) is 30.4 Å². The lowest BCUT2D eigenvalue weighted by atomic mass is 9.71. The van der Waals surface area contributed by atoms with Gasteiger partial charge in [-0.2, -0.15) is 4.99 Å². The van der Waals surface area contributed by atoms with Gasteiger partial charge in [-0.1, -0.05) is 17.7 Å². The number of hydrogen-bond acceptors (Lipinski definition) is 4. The molecule has 1 aliphatic carbocycles. The standard InChI is InChI=1S/C16H20N2O2/c1-13-3-4-15(18-7-9-20-10-8-18)14(11-13)16(17-12-19)5-2-6-16/h3-4,11H,2,5-10H2,1H3. The lowest BCUT2D eigenvalue weighted by Gasteiger charge is -2.41. The van der Waals surface area contributed by atoms with Crippen molar-refractivity contribution in [1.29, 1.82) is 0 Å². The summed E-state index contributed by atoms with van der Waals surface area (Å²) < 4.78 is 5.43. The van der Waals surface area contributed by atoms with Gasteiger partial charge in [0.25, 0.3) is 0 Å². The zero-order chi connectivity index (χ0) is 14.0. The molecule has 1 heterocycles. The lowest BCUT2D eigenvalue weighted by Crippen LogP contribution is -2.40. The molecule has 1 saturated heterocycles. The van der Waals surface area contributed by atoms with Crippen LogP contribution in [0.25, 0.3) is 0 Å². The fourth-order valence-corrected chi connectivity index (χ4v) is 3.14. The number of aryl methyl sites for hydroxylation is 1. The molecule has 106 valence electrons. The van der Waals surface area contributed by atoms with Crippen molar-refractivity contribution in [3.63, 3.8) is 0 Å². The van der Waals surface area contributed by atoms with E-state index < -0.39 is 0 Å². The van der Waals surface area contributed by atoms with Gasteiger partial charge in [0, 0.05) is 24.3 Å². The molecule has 4 nitrogen and oxygen atoms in total. The Morgan fingerprint density at radius 3 is 2.65 bits per heavy atom. The Labute approximate surface area is 119 Å². The van der Waals surface area contributed by atoms with E-state index in [9.17, 15) is 4.79 Å². The van der Waals surface area contributed by atoms with Crippen LogP contribution >= 0.6 is 0 Å². The van der Waals surface area contributed by atoms with Gasteiger partial charge in [0.15, 0.2) is 0 Å². The molecule has 0 aromatic heterocycles.